The molecule has 0 fully saturated rings. The summed E-state index contributed by atoms with van der Waals surface area (Å²) >= 11 is 5.86. The van der Waals surface area contributed by atoms with Gasteiger partial charge in [0.2, 0.25) is 21.7 Å². The summed E-state index contributed by atoms with van der Waals surface area (Å²) in [6, 6.07) is 12.4. The lowest BCUT2D eigenvalue weighted by atomic mass is 10.2. The largest absolute Gasteiger partial charge is 0.339 e. The lowest BCUT2D eigenvalue weighted by Crippen LogP contribution is -2.26. The Morgan fingerprint density at radius 2 is 1.85 bits per heavy atom. The van der Waals surface area contributed by atoms with Crippen molar-refractivity contribution in [1.82, 2.24) is 14.9 Å². The van der Waals surface area contributed by atoms with Crippen molar-refractivity contribution in [3.05, 3.63) is 64.5 Å². The van der Waals surface area contributed by atoms with Crippen LogP contribution in [0.4, 0.5) is 0 Å². The van der Waals surface area contributed by atoms with E-state index in [1.54, 1.807) is 43.3 Å². The molecule has 1 aromatic heterocycles. The second-order valence-electron chi connectivity index (χ2n) is 5.94. The van der Waals surface area contributed by atoms with Gasteiger partial charge in [-0.2, -0.15) is 4.98 Å². The molecule has 0 amide bonds. The van der Waals surface area contributed by atoms with E-state index in [1.165, 1.54) is 0 Å². The van der Waals surface area contributed by atoms with Crippen molar-refractivity contribution in [3.8, 4) is 11.4 Å². The Balaban J connectivity index is 1.65. The van der Waals surface area contributed by atoms with Gasteiger partial charge >= 0.3 is 0 Å². The van der Waals surface area contributed by atoms with Gasteiger partial charge in [0.25, 0.3) is 0 Å². The second kappa shape index (κ2) is 7.57. The molecule has 3 aromatic rings. The van der Waals surface area contributed by atoms with Crippen molar-refractivity contribution in [3.63, 3.8) is 0 Å². The fourth-order valence-electron chi connectivity index (χ4n) is 2.44. The molecule has 0 saturated heterocycles. The van der Waals surface area contributed by atoms with E-state index >= 15 is 0 Å². The molecule has 2 aromatic carbocycles. The van der Waals surface area contributed by atoms with Gasteiger partial charge in [0.05, 0.1) is 4.90 Å². The Morgan fingerprint density at radius 3 is 2.58 bits per heavy atom. The highest BCUT2D eigenvalue weighted by Crippen LogP contribution is 2.19. The lowest BCUT2D eigenvalue weighted by molar-refractivity contribution is 0.379. The van der Waals surface area contributed by atoms with Gasteiger partial charge in [0.15, 0.2) is 0 Å². The van der Waals surface area contributed by atoms with Gasteiger partial charge in [-0.25, -0.2) is 13.1 Å². The Kier molecular flexibility index (Phi) is 5.41. The van der Waals surface area contributed by atoms with Crippen molar-refractivity contribution in [2.75, 3.05) is 6.54 Å². The van der Waals surface area contributed by atoms with Gasteiger partial charge in [-0.15, -0.1) is 0 Å². The smallest absolute Gasteiger partial charge is 0.240 e. The molecule has 6 nitrogen and oxygen atoms in total. The molecule has 136 valence electrons. The van der Waals surface area contributed by atoms with Gasteiger partial charge in [-0.1, -0.05) is 28.9 Å². The summed E-state index contributed by atoms with van der Waals surface area (Å²) in [6.45, 7) is 3.79. The first-order valence-corrected chi connectivity index (χ1v) is 9.87. The molecule has 26 heavy (non-hydrogen) atoms. The molecule has 1 heterocycles. The zero-order valence-electron chi connectivity index (χ0n) is 14.4. The molecule has 0 saturated carbocycles. The predicted octanol–water partition coefficient (Wildman–Crippen LogP) is 3.53. The van der Waals surface area contributed by atoms with Crippen LogP contribution in [0, 0.1) is 13.8 Å². The van der Waals surface area contributed by atoms with E-state index in [0.717, 1.165) is 11.1 Å². The topological polar surface area (TPSA) is 85.1 Å². The molecule has 0 radical (unpaired) electrons. The molecular formula is C18H18ClN3O3S. The molecule has 0 aliphatic rings. The van der Waals surface area contributed by atoms with Gasteiger partial charge in [-0.05, 0) is 55.3 Å². The van der Waals surface area contributed by atoms with Crippen LogP contribution in [0.25, 0.3) is 11.4 Å². The lowest BCUT2D eigenvalue weighted by Gasteiger charge is -2.09. The van der Waals surface area contributed by atoms with Crippen LogP contribution in [-0.2, 0) is 16.4 Å². The Hall–Kier alpha value is -2.22. The zero-order chi connectivity index (χ0) is 18.7. The minimum Gasteiger partial charge on any atom is -0.339 e. The number of rotatable bonds is 6. The van der Waals surface area contributed by atoms with Crippen LogP contribution in [0.3, 0.4) is 0 Å². The van der Waals surface area contributed by atoms with Crippen molar-refractivity contribution < 1.29 is 12.9 Å². The number of aromatic nitrogens is 2. The van der Waals surface area contributed by atoms with E-state index in [4.69, 9.17) is 16.1 Å². The quantitative estimate of drug-likeness (QED) is 0.694. The van der Waals surface area contributed by atoms with E-state index in [0.29, 0.717) is 28.7 Å². The Morgan fingerprint density at radius 1 is 1.12 bits per heavy atom. The van der Waals surface area contributed by atoms with E-state index < -0.39 is 10.0 Å². The molecule has 3 rings (SSSR count). The second-order valence-corrected chi connectivity index (χ2v) is 8.11. The molecule has 0 unspecified atom stereocenters. The van der Waals surface area contributed by atoms with Gasteiger partial charge in [0, 0.05) is 23.6 Å². The summed E-state index contributed by atoms with van der Waals surface area (Å²) in [5.74, 6) is 0.799. The number of aryl methyl sites for hydroxylation is 2. The number of hydrogen-bond acceptors (Lipinski definition) is 5. The maximum Gasteiger partial charge on any atom is 0.240 e. The highest BCUT2D eigenvalue weighted by molar-refractivity contribution is 7.89. The third-order valence-electron chi connectivity index (χ3n) is 3.83. The summed E-state index contributed by atoms with van der Waals surface area (Å²) in [6.07, 6.45) is 0.296. The number of nitrogens with one attached hydrogen (secondary N) is 1. The molecule has 0 aliphatic heterocycles. The van der Waals surface area contributed by atoms with Gasteiger partial charge < -0.3 is 4.52 Å². The molecule has 0 atom stereocenters. The van der Waals surface area contributed by atoms with Gasteiger partial charge in [-0.3, -0.25) is 0 Å². The zero-order valence-corrected chi connectivity index (χ0v) is 15.9. The maximum atomic E-state index is 12.5. The van der Waals surface area contributed by atoms with Crippen molar-refractivity contribution >= 4 is 21.6 Å². The van der Waals surface area contributed by atoms with Crippen LogP contribution in [-0.4, -0.2) is 25.1 Å². The van der Waals surface area contributed by atoms with Gasteiger partial charge in [0.1, 0.15) is 0 Å². The van der Waals surface area contributed by atoms with Crippen LogP contribution in [0.1, 0.15) is 17.0 Å². The number of benzene rings is 2. The van der Waals surface area contributed by atoms with Crippen LogP contribution in [0.2, 0.25) is 5.02 Å². The number of nitrogens with zero attached hydrogens (tertiary/aromatic N) is 2. The summed E-state index contributed by atoms with van der Waals surface area (Å²) in [7, 11) is -3.59. The minimum absolute atomic E-state index is 0.165. The van der Waals surface area contributed by atoms with Crippen LogP contribution < -0.4 is 4.72 Å². The van der Waals surface area contributed by atoms with E-state index in [2.05, 4.69) is 14.9 Å². The summed E-state index contributed by atoms with van der Waals surface area (Å²) in [4.78, 5) is 4.56. The van der Waals surface area contributed by atoms with E-state index in [9.17, 15) is 8.42 Å². The summed E-state index contributed by atoms with van der Waals surface area (Å²) in [5, 5.41) is 4.53. The SMILES string of the molecule is Cc1ccc(C)c(S(=O)(=O)NCCc2nc(-c3ccc(Cl)cc3)no2)c1. The molecular weight excluding hydrogens is 374 g/mol. The predicted molar refractivity (Wildman–Crippen MR) is 99.6 cm³/mol. The third-order valence-corrected chi connectivity index (χ3v) is 5.69. The van der Waals surface area contributed by atoms with Crippen LogP contribution in [0.5, 0.6) is 0 Å². The third kappa shape index (κ3) is 4.30. The fourth-order valence-corrected chi connectivity index (χ4v) is 3.92. The Bertz CT molecular complexity index is 1010. The summed E-state index contributed by atoms with van der Waals surface area (Å²) < 4.78 is 32.7. The average Bonchev–Trinajstić information content (AvgIpc) is 3.06. The van der Waals surface area contributed by atoms with Crippen molar-refractivity contribution in [2.24, 2.45) is 0 Å². The molecule has 0 spiro atoms. The molecule has 0 bridgehead atoms. The summed E-state index contributed by atoms with van der Waals surface area (Å²) in [5.41, 5.74) is 2.37. The highest BCUT2D eigenvalue weighted by atomic mass is 35.5. The van der Waals surface area contributed by atoms with E-state index in [1.807, 2.05) is 13.0 Å². The highest BCUT2D eigenvalue weighted by Gasteiger charge is 2.17. The molecule has 1 N–H and O–H groups in total. The van der Waals surface area contributed by atoms with Crippen LogP contribution >= 0.6 is 11.6 Å². The maximum absolute atomic E-state index is 12.5. The van der Waals surface area contributed by atoms with Crippen molar-refractivity contribution in [2.45, 2.75) is 25.2 Å². The first-order valence-electron chi connectivity index (χ1n) is 8.00. The van der Waals surface area contributed by atoms with Crippen molar-refractivity contribution in [1.29, 1.82) is 0 Å². The standard InChI is InChI=1S/C18H18ClN3O3S/c1-12-3-4-13(2)16(11-12)26(23,24)20-10-9-17-21-18(22-25-17)14-5-7-15(19)8-6-14/h3-8,11,20H,9-10H2,1-2H3. The molecule has 0 aliphatic carbocycles. The fraction of sp³-hybridized carbons (Fsp3) is 0.222. The number of hydrogen-bond donors (Lipinski definition) is 1. The first-order chi connectivity index (χ1) is 12.3. The monoisotopic (exact) mass is 391 g/mol. The average molecular weight is 392 g/mol. The Labute approximate surface area is 157 Å². The number of sulfonamides is 1. The van der Waals surface area contributed by atoms with E-state index in [-0.39, 0.29) is 11.4 Å². The number of halogens is 1. The molecule has 8 heteroatoms. The normalized spacial score (nSPS) is 11.7. The first kappa shape index (κ1) is 18.6. The minimum atomic E-state index is -3.59. The van der Waals surface area contributed by atoms with Crippen LogP contribution in [0.15, 0.2) is 51.9 Å².